The first-order valence-corrected chi connectivity index (χ1v) is 8.47. The van der Waals surface area contributed by atoms with E-state index in [2.05, 4.69) is 15.2 Å². The molecular weight excluding hydrogens is 314 g/mol. The van der Waals surface area contributed by atoms with Gasteiger partial charge < -0.3 is 15.2 Å². The lowest BCUT2D eigenvalue weighted by atomic mass is 10.0. The maximum Gasteiger partial charge on any atom is 0.296 e. The van der Waals surface area contributed by atoms with Gasteiger partial charge in [0.1, 0.15) is 0 Å². The largest absolute Gasteiger partial charge is 0.343 e. The summed E-state index contributed by atoms with van der Waals surface area (Å²) in [6, 6.07) is 16.9. The summed E-state index contributed by atoms with van der Waals surface area (Å²) in [5.74, 6) is -1.07. The van der Waals surface area contributed by atoms with E-state index in [9.17, 15) is 9.59 Å². The number of benzene rings is 2. The Morgan fingerprint density at radius 1 is 1.00 bits per heavy atom. The summed E-state index contributed by atoms with van der Waals surface area (Å²) in [5, 5.41) is 6.91. The molecule has 5 nitrogen and oxygen atoms in total. The van der Waals surface area contributed by atoms with Gasteiger partial charge >= 0.3 is 0 Å². The molecule has 0 fully saturated rings. The molecule has 2 aromatic carbocycles. The predicted molar refractivity (Wildman–Crippen MR) is 100 cm³/mol. The van der Waals surface area contributed by atoms with Crippen molar-refractivity contribution in [3.63, 3.8) is 0 Å². The number of carbonyl (C=O) groups excluding carboxylic acids is 2. The monoisotopic (exact) mass is 335 g/mol. The minimum atomic E-state index is -0.595. The van der Waals surface area contributed by atoms with Crippen molar-refractivity contribution in [3.8, 4) is 0 Å². The summed E-state index contributed by atoms with van der Waals surface area (Å²) in [4.78, 5) is 25.5. The number of hydrogen-bond acceptors (Lipinski definition) is 3. The van der Waals surface area contributed by atoms with Crippen molar-refractivity contribution in [2.24, 2.45) is 0 Å². The van der Waals surface area contributed by atoms with Gasteiger partial charge in [0, 0.05) is 49.8 Å². The van der Waals surface area contributed by atoms with Crippen LogP contribution in [0.1, 0.15) is 17.5 Å². The number of nitrogens with zero attached hydrogens (tertiary/aromatic N) is 1. The SMILES string of the molecule is O=C(Nc1ccccc1)C(=O)c1c2n(c3ccccc13)CCNCC2.[HH]. The molecule has 0 spiro atoms. The molecule has 0 saturated heterocycles. The first-order chi connectivity index (χ1) is 12.3. The van der Waals surface area contributed by atoms with Crippen LogP contribution in [0.2, 0.25) is 0 Å². The zero-order valence-corrected chi connectivity index (χ0v) is 13.8. The normalized spacial score (nSPS) is 13.9. The van der Waals surface area contributed by atoms with Gasteiger partial charge in [0.25, 0.3) is 11.7 Å². The van der Waals surface area contributed by atoms with Crippen molar-refractivity contribution in [2.45, 2.75) is 13.0 Å². The van der Waals surface area contributed by atoms with Gasteiger partial charge in [0.2, 0.25) is 0 Å². The van der Waals surface area contributed by atoms with Gasteiger partial charge in [-0.3, -0.25) is 9.59 Å². The molecule has 1 aromatic heterocycles. The zero-order valence-electron chi connectivity index (χ0n) is 13.8. The van der Waals surface area contributed by atoms with Crippen LogP contribution in [0.3, 0.4) is 0 Å². The summed E-state index contributed by atoms with van der Waals surface area (Å²) in [6.45, 7) is 2.45. The highest BCUT2D eigenvalue weighted by Crippen LogP contribution is 2.28. The number of fused-ring (bicyclic) bond motifs is 3. The van der Waals surface area contributed by atoms with E-state index in [1.165, 1.54) is 0 Å². The topological polar surface area (TPSA) is 63.1 Å². The number of rotatable bonds is 3. The summed E-state index contributed by atoms with van der Waals surface area (Å²) in [6.07, 6.45) is 0.731. The van der Waals surface area contributed by atoms with Crippen LogP contribution in [0.4, 0.5) is 5.69 Å². The highest BCUT2D eigenvalue weighted by molar-refractivity contribution is 6.48. The second-order valence-electron chi connectivity index (χ2n) is 6.14. The first kappa shape index (κ1) is 15.6. The number of amides is 1. The van der Waals surface area contributed by atoms with Crippen LogP contribution in [0, 0.1) is 0 Å². The molecule has 2 N–H and O–H groups in total. The highest BCUT2D eigenvalue weighted by Gasteiger charge is 2.27. The van der Waals surface area contributed by atoms with Crippen LogP contribution in [0.5, 0.6) is 0 Å². The summed E-state index contributed by atoms with van der Waals surface area (Å²) < 4.78 is 2.17. The van der Waals surface area contributed by atoms with Crippen LogP contribution in [0.25, 0.3) is 10.9 Å². The molecule has 0 radical (unpaired) electrons. The molecule has 2 heterocycles. The summed E-state index contributed by atoms with van der Waals surface area (Å²) >= 11 is 0. The van der Waals surface area contributed by atoms with E-state index >= 15 is 0 Å². The van der Waals surface area contributed by atoms with Crippen LogP contribution in [0.15, 0.2) is 54.6 Å². The molecule has 0 atom stereocenters. The molecule has 0 saturated carbocycles. The Morgan fingerprint density at radius 2 is 1.76 bits per heavy atom. The quantitative estimate of drug-likeness (QED) is 0.571. The van der Waals surface area contributed by atoms with E-state index in [-0.39, 0.29) is 1.43 Å². The fraction of sp³-hybridized carbons (Fsp3) is 0.200. The fourth-order valence-electron chi connectivity index (χ4n) is 3.47. The molecule has 3 aromatic rings. The Balaban J connectivity index is 0.00000196. The molecule has 1 amide bonds. The Bertz CT molecular complexity index is 950. The second-order valence-corrected chi connectivity index (χ2v) is 6.14. The van der Waals surface area contributed by atoms with Gasteiger partial charge in [-0.15, -0.1) is 0 Å². The highest BCUT2D eigenvalue weighted by atomic mass is 16.2. The average molecular weight is 335 g/mol. The van der Waals surface area contributed by atoms with Gasteiger partial charge in [-0.2, -0.15) is 0 Å². The number of carbonyl (C=O) groups is 2. The molecule has 4 rings (SSSR count). The maximum absolute atomic E-state index is 13.0. The molecule has 25 heavy (non-hydrogen) atoms. The molecule has 0 aliphatic carbocycles. The van der Waals surface area contributed by atoms with Crippen LogP contribution in [-0.2, 0) is 17.8 Å². The summed E-state index contributed by atoms with van der Waals surface area (Å²) in [7, 11) is 0. The number of Topliss-reactive ketones (excluding diaryl/α,β-unsaturated/α-hetero) is 1. The fourth-order valence-corrected chi connectivity index (χ4v) is 3.47. The molecule has 128 valence electrons. The van der Waals surface area contributed by atoms with Gasteiger partial charge in [-0.05, 0) is 18.2 Å². The van der Waals surface area contributed by atoms with Gasteiger partial charge in [-0.1, -0.05) is 36.4 Å². The number of aromatic nitrogens is 1. The van der Waals surface area contributed by atoms with Gasteiger partial charge in [0.15, 0.2) is 0 Å². The lowest BCUT2D eigenvalue weighted by Crippen LogP contribution is -2.24. The van der Waals surface area contributed by atoms with E-state index in [1.807, 2.05) is 42.5 Å². The van der Waals surface area contributed by atoms with E-state index < -0.39 is 11.7 Å². The molecule has 1 aliphatic rings. The van der Waals surface area contributed by atoms with E-state index in [0.717, 1.165) is 42.7 Å². The van der Waals surface area contributed by atoms with Crippen molar-refractivity contribution in [3.05, 3.63) is 65.9 Å². The number of anilines is 1. The van der Waals surface area contributed by atoms with Crippen molar-refractivity contribution >= 4 is 28.3 Å². The molecule has 0 bridgehead atoms. The predicted octanol–water partition coefficient (Wildman–Crippen LogP) is 2.85. The molecule has 1 aliphatic heterocycles. The number of para-hydroxylation sites is 2. The standard InChI is InChI=1S/C20H19N3O2.H2/c24-19(20(25)22-14-6-2-1-3-7-14)18-15-8-4-5-9-16(15)23-13-12-21-11-10-17(18)23;/h1-9,21H,10-13H2,(H,22,25);1H. The third-order valence-corrected chi connectivity index (χ3v) is 4.59. The zero-order chi connectivity index (χ0) is 17.2. The Hall–Kier alpha value is -2.92. The van der Waals surface area contributed by atoms with Crippen LogP contribution in [-0.4, -0.2) is 29.3 Å². The van der Waals surface area contributed by atoms with Gasteiger partial charge in [-0.25, -0.2) is 0 Å². The molecular formula is C20H21N3O2. The maximum atomic E-state index is 13.0. The lowest BCUT2D eigenvalue weighted by Gasteiger charge is -2.07. The third-order valence-electron chi connectivity index (χ3n) is 4.59. The average Bonchev–Trinajstić information content (AvgIpc) is 2.79. The van der Waals surface area contributed by atoms with Crippen molar-refractivity contribution in [1.29, 1.82) is 0 Å². The number of nitrogens with one attached hydrogen (secondary N) is 2. The smallest absolute Gasteiger partial charge is 0.296 e. The van der Waals surface area contributed by atoms with Crippen molar-refractivity contribution in [2.75, 3.05) is 18.4 Å². The Morgan fingerprint density at radius 3 is 2.60 bits per heavy atom. The molecule has 0 unspecified atom stereocenters. The molecule has 5 heteroatoms. The second kappa shape index (κ2) is 6.53. The van der Waals surface area contributed by atoms with Crippen LogP contribution >= 0.6 is 0 Å². The number of hydrogen-bond donors (Lipinski definition) is 2. The Labute approximate surface area is 147 Å². The van der Waals surface area contributed by atoms with Crippen LogP contribution < -0.4 is 10.6 Å². The number of ketones is 1. The first-order valence-electron chi connectivity index (χ1n) is 8.47. The van der Waals surface area contributed by atoms with E-state index in [4.69, 9.17) is 0 Å². The van der Waals surface area contributed by atoms with Crippen molar-refractivity contribution in [1.82, 2.24) is 9.88 Å². The van der Waals surface area contributed by atoms with Gasteiger partial charge in [0.05, 0.1) is 5.56 Å². The van der Waals surface area contributed by atoms with E-state index in [1.54, 1.807) is 12.1 Å². The Kier molecular flexibility index (Phi) is 4.07. The van der Waals surface area contributed by atoms with Crippen molar-refractivity contribution < 1.29 is 11.0 Å². The lowest BCUT2D eigenvalue weighted by molar-refractivity contribution is -0.112. The van der Waals surface area contributed by atoms with E-state index in [0.29, 0.717) is 11.3 Å². The minimum absolute atomic E-state index is 0. The minimum Gasteiger partial charge on any atom is -0.343 e. The third kappa shape index (κ3) is 2.83. The summed E-state index contributed by atoms with van der Waals surface area (Å²) in [5.41, 5.74) is 3.11.